The van der Waals surface area contributed by atoms with E-state index in [2.05, 4.69) is 4.98 Å². The number of carbonyl (C=O) groups excluding carboxylic acids is 1. The van der Waals surface area contributed by atoms with E-state index in [0.29, 0.717) is 13.0 Å². The molecule has 0 saturated carbocycles. The van der Waals surface area contributed by atoms with Gasteiger partial charge in [0.1, 0.15) is 0 Å². The van der Waals surface area contributed by atoms with E-state index in [-0.39, 0.29) is 5.91 Å². The van der Waals surface area contributed by atoms with Crippen LogP contribution < -0.4 is 5.73 Å². The number of carbonyl (C=O) groups is 1. The summed E-state index contributed by atoms with van der Waals surface area (Å²) in [4.78, 5) is 17.0. The molecule has 0 bridgehead atoms. The number of benzene rings is 1. The summed E-state index contributed by atoms with van der Waals surface area (Å²) in [6, 6.07) is 8.02. The maximum atomic E-state index is 12.0. The van der Waals surface area contributed by atoms with Gasteiger partial charge in [0.2, 0.25) is 5.91 Å². The molecule has 1 heterocycles. The zero-order valence-corrected chi connectivity index (χ0v) is 10.6. The molecule has 0 aliphatic heterocycles. The second kappa shape index (κ2) is 5.69. The molecule has 0 spiro atoms. The lowest BCUT2D eigenvalue weighted by Gasteiger charge is -2.16. The quantitative estimate of drug-likeness (QED) is 0.839. The number of likely N-dealkylation sites (N-methyl/N-ethyl adjacent to an activating group) is 1. The fraction of sp³-hybridized carbons (Fsp3) is 0.357. The molecular weight excluding hydrogens is 226 g/mol. The molecule has 0 radical (unpaired) electrons. The number of aromatic amines is 1. The van der Waals surface area contributed by atoms with E-state index < -0.39 is 0 Å². The van der Waals surface area contributed by atoms with E-state index in [1.54, 1.807) is 4.90 Å². The van der Waals surface area contributed by atoms with E-state index in [0.717, 1.165) is 29.4 Å². The van der Waals surface area contributed by atoms with Crippen molar-refractivity contribution >= 4 is 16.8 Å². The van der Waals surface area contributed by atoms with Crippen LogP contribution in [0.15, 0.2) is 30.5 Å². The van der Waals surface area contributed by atoms with Gasteiger partial charge in [0.05, 0.1) is 6.42 Å². The SMILES string of the molecule is CN(CCCN)C(=O)Cc1c[nH]c2ccccc12. The normalized spacial score (nSPS) is 10.8. The van der Waals surface area contributed by atoms with E-state index in [9.17, 15) is 4.79 Å². The molecule has 2 aromatic rings. The van der Waals surface area contributed by atoms with Gasteiger partial charge in [0.25, 0.3) is 0 Å². The van der Waals surface area contributed by atoms with Crippen LogP contribution in [0, 0.1) is 0 Å². The average molecular weight is 245 g/mol. The van der Waals surface area contributed by atoms with Gasteiger partial charge >= 0.3 is 0 Å². The average Bonchev–Trinajstić information content (AvgIpc) is 2.79. The molecule has 1 amide bonds. The highest BCUT2D eigenvalue weighted by Crippen LogP contribution is 2.18. The number of H-pyrrole nitrogens is 1. The van der Waals surface area contributed by atoms with Gasteiger partial charge in [0, 0.05) is 30.7 Å². The highest BCUT2D eigenvalue weighted by Gasteiger charge is 2.11. The van der Waals surface area contributed by atoms with Crippen LogP contribution >= 0.6 is 0 Å². The van der Waals surface area contributed by atoms with Crippen LogP contribution in [0.25, 0.3) is 10.9 Å². The van der Waals surface area contributed by atoms with E-state index >= 15 is 0 Å². The predicted molar refractivity (Wildman–Crippen MR) is 73.3 cm³/mol. The van der Waals surface area contributed by atoms with Gasteiger partial charge in [-0.2, -0.15) is 0 Å². The molecular formula is C14H19N3O. The number of hydrogen-bond acceptors (Lipinski definition) is 2. The minimum atomic E-state index is 0.133. The predicted octanol–water partition coefficient (Wildman–Crippen LogP) is 1.52. The Morgan fingerprint density at radius 2 is 2.17 bits per heavy atom. The van der Waals surface area contributed by atoms with Crippen LogP contribution in [0.5, 0.6) is 0 Å². The molecule has 1 aromatic heterocycles. The molecule has 4 heteroatoms. The van der Waals surface area contributed by atoms with Gasteiger partial charge < -0.3 is 15.6 Å². The third kappa shape index (κ3) is 2.71. The van der Waals surface area contributed by atoms with Gasteiger partial charge in [0.15, 0.2) is 0 Å². The Bertz CT molecular complexity index is 533. The monoisotopic (exact) mass is 245 g/mol. The van der Waals surface area contributed by atoms with Gasteiger partial charge in [-0.3, -0.25) is 4.79 Å². The molecule has 0 unspecified atom stereocenters. The van der Waals surface area contributed by atoms with Crippen molar-refractivity contribution in [2.24, 2.45) is 5.73 Å². The van der Waals surface area contributed by atoms with Gasteiger partial charge in [-0.25, -0.2) is 0 Å². The van der Waals surface area contributed by atoms with E-state index in [1.807, 2.05) is 37.5 Å². The van der Waals surface area contributed by atoms with Gasteiger partial charge in [-0.1, -0.05) is 18.2 Å². The Morgan fingerprint density at radius 3 is 2.94 bits per heavy atom. The van der Waals surface area contributed by atoms with Crippen molar-refractivity contribution in [1.29, 1.82) is 0 Å². The molecule has 1 aromatic carbocycles. The number of fused-ring (bicyclic) bond motifs is 1. The summed E-state index contributed by atoms with van der Waals surface area (Å²) in [5.41, 5.74) is 7.57. The van der Waals surface area contributed by atoms with Crippen molar-refractivity contribution in [3.8, 4) is 0 Å². The first-order chi connectivity index (χ1) is 8.72. The fourth-order valence-corrected chi connectivity index (χ4v) is 2.03. The number of aromatic nitrogens is 1. The standard InChI is InChI=1S/C14H19N3O/c1-17(8-4-7-15)14(18)9-11-10-16-13-6-3-2-5-12(11)13/h2-3,5-6,10,16H,4,7-9,15H2,1H3. The second-order valence-corrected chi connectivity index (χ2v) is 4.49. The molecule has 18 heavy (non-hydrogen) atoms. The van der Waals surface area contributed by atoms with Crippen LogP contribution in [0.1, 0.15) is 12.0 Å². The molecule has 96 valence electrons. The highest BCUT2D eigenvalue weighted by atomic mass is 16.2. The summed E-state index contributed by atoms with van der Waals surface area (Å²) in [7, 11) is 1.83. The number of nitrogens with one attached hydrogen (secondary N) is 1. The molecule has 0 aliphatic carbocycles. The third-order valence-electron chi connectivity index (χ3n) is 3.14. The zero-order chi connectivity index (χ0) is 13.0. The van der Waals surface area contributed by atoms with E-state index in [4.69, 9.17) is 5.73 Å². The first-order valence-corrected chi connectivity index (χ1v) is 6.21. The van der Waals surface area contributed by atoms with Gasteiger partial charge in [-0.05, 0) is 24.6 Å². The van der Waals surface area contributed by atoms with Crippen LogP contribution in [0.4, 0.5) is 0 Å². The van der Waals surface area contributed by atoms with Crippen molar-refractivity contribution < 1.29 is 4.79 Å². The van der Waals surface area contributed by atoms with E-state index in [1.165, 1.54) is 0 Å². The minimum Gasteiger partial charge on any atom is -0.361 e. The van der Waals surface area contributed by atoms with Crippen LogP contribution in [-0.4, -0.2) is 35.9 Å². The molecule has 3 N–H and O–H groups in total. The Kier molecular flexibility index (Phi) is 3.99. The van der Waals surface area contributed by atoms with Crippen molar-refractivity contribution in [3.63, 3.8) is 0 Å². The highest BCUT2D eigenvalue weighted by molar-refractivity contribution is 5.88. The molecule has 0 saturated heterocycles. The number of para-hydroxylation sites is 1. The van der Waals surface area contributed by atoms with Crippen molar-refractivity contribution in [2.45, 2.75) is 12.8 Å². The van der Waals surface area contributed by atoms with Crippen molar-refractivity contribution in [3.05, 3.63) is 36.0 Å². The lowest BCUT2D eigenvalue weighted by atomic mass is 10.1. The first kappa shape index (κ1) is 12.6. The lowest BCUT2D eigenvalue weighted by Crippen LogP contribution is -2.30. The minimum absolute atomic E-state index is 0.133. The largest absolute Gasteiger partial charge is 0.361 e. The summed E-state index contributed by atoms with van der Waals surface area (Å²) in [5, 5.41) is 1.12. The second-order valence-electron chi connectivity index (χ2n) is 4.49. The maximum Gasteiger partial charge on any atom is 0.226 e. The summed E-state index contributed by atoms with van der Waals surface area (Å²) in [6.45, 7) is 1.34. The fourth-order valence-electron chi connectivity index (χ4n) is 2.03. The number of nitrogens with zero attached hydrogens (tertiary/aromatic N) is 1. The first-order valence-electron chi connectivity index (χ1n) is 6.21. The summed E-state index contributed by atoms with van der Waals surface area (Å²) >= 11 is 0. The number of rotatable bonds is 5. The Hall–Kier alpha value is -1.81. The number of amides is 1. The van der Waals surface area contributed by atoms with Crippen LogP contribution in [0.3, 0.4) is 0 Å². The molecule has 0 atom stereocenters. The lowest BCUT2D eigenvalue weighted by molar-refractivity contribution is -0.129. The number of hydrogen-bond donors (Lipinski definition) is 2. The number of nitrogens with two attached hydrogens (primary N) is 1. The Morgan fingerprint density at radius 1 is 1.39 bits per heavy atom. The zero-order valence-electron chi connectivity index (χ0n) is 10.6. The van der Waals surface area contributed by atoms with Gasteiger partial charge in [-0.15, -0.1) is 0 Å². The van der Waals surface area contributed by atoms with Crippen LogP contribution in [-0.2, 0) is 11.2 Å². The molecule has 4 nitrogen and oxygen atoms in total. The maximum absolute atomic E-state index is 12.0. The summed E-state index contributed by atoms with van der Waals surface area (Å²) < 4.78 is 0. The Balaban J connectivity index is 2.07. The molecule has 0 aliphatic rings. The van der Waals surface area contributed by atoms with Crippen molar-refractivity contribution in [1.82, 2.24) is 9.88 Å². The van der Waals surface area contributed by atoms with Crippen LogP contribution in [0.2, 0.25) is 0 Å². The third-order valence-corrected chi connectivity index (χ3v) is 3.14. The molecule has 2 rings (SSSR count). The smallest absolute Gasteiger partial charge is 0.226 e. The van der Waals surface area contributed by atoms with Crippen molar-refractivity contribution in [2.75, 3.05) is 20.1 Å². The Labute approximate surface area is 107 Å². The molecule has 0 fully saturated rings. The summed E-state index contributed by atoms with van der Waals surface area (Å²) in [6.07, 6.45) is 3.19. The summed E-state index contributed by atoms with van der Waals surface area (Å²) in [5.74, 6) is 0.133. The topological polar surface area (TPSA) is 62.1 Å².